The van der Waals surface area contributed by atoms with Crippen molar-refractivity contribution in [3.8, 4) is 0 Å². The maximum atomic E-state index is 12.6. The molecule has 3 rings (SSSR count). The first-order valence-corrected chi connectivity index (χ1v) is 10.7. The van der Waals surface area contributed by atoms with Gasteiger partial charge in [-0.05, 0) is 24.5 Å². The molecule has 1 aromatic carbocycles. The monoisotopic (exact) mass is 426 g/mol. The number of anilines is 1. The Morgan fingerprint density at radius 2 is 1.90 bits per heavy atom. The lowest BCUT2D eigenvalue weighted by Gasteiger charge is -2.12. The first kappa shape index (κ1) is 22.3. The van der Waals surface area contributed by atoms with Crippen LogP contribution >= 0.6 is 0 Å². The van der Waals surface area contributed by atoms with E-state index in [1.54, 1.807) is 0 Å². The van der Waals surface area contributed by atoms with Gasteiger partial charge in [0.25, 0.3) is 5.56 Å². The minimum Gasteiger partial charge on any atom is -0.322 e. The maximum absolute atomic E-state index is 12.6. The van der Waals surface area contributed by atoms with Gasteiger partial charge in [-0.15, -0.1) is 0 Å². The lowest BCUT2D eigenvalue weighted by atomic mass is 10.2. The summed E-state index contributed by atoms with van der Waals surface area (Å²) < 4.78 is 3.37. The van der Waals surface area contributed by atoms with Gasteiger partial charge in [-0.3, -0.25) is 30.0 Å². The molecule has 166 valence electrons. The molecule has 3 aromatic rings. The number of carbonyl (C=O) groups excluding carboxylic acids is 1. The van der Waals surface area contributed by atoms with Crippen LogP contribution in [0.5, 0.6) is 0 Å². The van der Waals surface area contributed by atoms with Gasteiger partial charge in [0.1, 0.15) is 5.82 Å². The van der Waals surface area contributed by atoms with Gasteiger partial charge < -0.3 is 4.57 Å². The van der Waals surface area contributed by atoms with Crippen molar-refractivity contribution in [1.82, 2.24) is 24.5 Å². The van der Waals surface area contributed by atoms with Crippen LogP contribution in [-0.2, 0) is 24.3 Å². The van der Waals surface area contributed by atoms with Crippen LogP contribution < -0.4 is 22.1 Å². The number of carbonyl (C=O) groups is 1. The van der Waals surface area contributed by atoms with Crippen molar-refractivity contribution in [2.24, 2.45) is 5.92 Å². The Morgan fingerprint density at radius 3 is 2.58 bits per heavy atom. The number of benzene rings is 1. The van der Waals surface area contributed by atoms with Crippen molar-refractivity contribution in [2.75, 3.05) is 5.43 Å². The number of H-pyrrole nitrogens is 1. The molecular formula is C22H30N6O3. The van der Waals surface area contributed by atoms with Crippen LogP contribution in [-0.4, -0.2) is 25.0 Å². The van der Waals surface area contributed by atoms with Gasteiger partial charge in [0.05, 0.1) is 5.69 Å². The normalized spacial score (nSPS) is 11.2. The highest BCUT2D eigenvalue weighted by Crippen LogP contribution is 2.16. The highest BCUT2D eigenvalue weighted by Gasteiger charge is 2.19. The molecular weight excluding hydrogens is 396 g/mol. The van der Waals surface area contributed by atoms with Crippen LogP contribution in [0.1, 0.15) is 45.9 Å². The van der Waals surface area contributed by atoms with E-state index in [4.69, 9.17) is 0 Å². The fourth-order valence-corrected chi connectivity index (χ4v) is 3.45. The molecule has 2 heterocycles. The van der Waals surface area contributed by atoms with E-state index in [0.29, 0.717) is 36.5 Å². The quantitative estimate of drug-likeness (QED) is 0.431. The summed E-state index contributed by atoms with van der Waals surface area (Å²) in [5.74, 6) is 0.698. The van der Waals surface area contributed by atoms with Gasteiger partial charge >= 0.3 is 5.69 Å². The molecule has 0 saturated heterocycles. The zero-order chi connectivity index (χ0) is 22.4. The molecule has 3 N–H and O–H groups in total. The van der Waals surface area contributed by atoms with Gasteiger partial charge in [0.2, 0.25) is 5.91 Å². The fourth-order valence-electron chi connectivity index (χ4n) is 3.45. The molecule has 0 bridgehead atoms. The Hall–Kier alpha value is -3.36. The summed E-state index contributed by atoms with van der Waals surface area (Å²) >= 11 is 0. The number of aromatic amines is 1. The van der Waals surface area contributed by atoms with E-state index in [1.807, 2.05) is 55.7 Å². The summed E-state index contributed by atoms with van der Waals surface area (Å²) in [7, 11) is 0. The van der Waals surface area contributed by atoms with Gasteiger partial charge in [-0.1, -0.05) is 45.4 Å². The Labute approximate surface area is 180 Å². The topological polar surface area (TPSA) is 114 Å². The molecule has 2 aromatic heterocycles. The highest BCUT2D eigenvalue weighted by atomic mass is 16.2. The molecule has 0 spiro atoms. The number of imidazole rings is 1. The SMILES string of the molecule is CCCCn1c(=O)[nH]c(=O)c2c1nc(CCC(=O)NNc1ccccc1)n2CC(C)C. The van der Waals surface area contributed by atoms with Crippen LogP contribution in [0.15, 0.2) is 39.9 Å². The second kappa shape index (κ2) is 10.1. The second-order valence-corrected chi connectivity index (χ2v) is 8.01. The fraction of sp³-hybridized carbons (Fsp3) is 0.455. The second-order valence-electron chi connectivity index (χ2n) is 8.01. The zero-order valence-electron chi connectivity index (χ0n) is 18.3. The molecule has 0 aliphatic rings. The van der Waals surface area contributed by atoms with Crippen molar-refractivity contribution < 1.29 is 4.79 Å². The predicted octanol–water partition coefficient (Wildman–Crippen LogP) is 2.42. The molecule has 0 radical (unpaired) electrons. The number of aryl methyl sites for hydroxylation is 2. The Bertz CT molecular complexity index is 1140. The largest absolute Gasteiger partial charge is 0.330 e. The molecule has 0 fully saturated rings. The van der Waals surface area contributed by atoms with Gasteiger partial charge in [-0.25, -0.2) is 9.78 Å². The summed E-state index contributed by atoms with van der Waals surface area (Å²) in [5, 5.41) is 0. The van der Waals surface area contributed by atoms with E-state index >= 15 is 0 Å². The minimum atomic E-state index is -0.448. The number of hydrazine groups is 1. The number of fused-ring (bicyclic) bond motifs is 1. The smallest absolute Gasteiger partial charge is 0.322 e. The van der Waals surface area contributed by atoms with Gasteiger partial charge in [-0.2, -0.15) is 0 Å². The lowest BCUT2D eigenvalue weighted by molar-refractivity contribution is -0.120. The Kier molecular flexibility index (Phi) is 7.28. The first-order valence-electron chi connectivity index (χ1n) is 10.7. The number of amides is 1. The molecule has 0 aliphatic carbocycles. The minimum absolute atomic E-state index is 0.190. The van der Waals surface area contributed by atoms with E-state index in [9.17, 15) is 14.4 Å². The van der Waals surface area contributed by atoms with Crippen LogP contribution in [0.25, 0.3) is 11.2 Å². The van der Waals surface area contributed by atoms with Crippen molar-refractivity contribution >= 4 is 22.8 Å². The molecule has 1 amide bonds. The van der Waals surface area contributed by atoms with Crippen molar-refractivity contribution in [1.29, 1.82) is 0 Å². The van der Waals surface area contributed by atoms with Crippen molar-refractivity contribution in [2.45, 2.75) is 59.5 Å². The molecule has 0 saturated carbocycles. The van der Waals surface area contributed by atoms with Gasteiger partial charge in [0, 0.05) is 25.9 Å². The maximum Gasteiger partial charge on any atom is 0.330 e. The molecule has 0 aliphatic heterocycles. The van der Waals surface area contributed by atoms with E-state index in [-0.39, 0.29) is 18.2 Å². The number of rotatable bonds is 10. The van der Waals surface area contributed by atoms with Crippen LogP contribution in [0, 0.1) is 5.92 Å². The number of nitrogens with zero attached hydrogens (tertiary/aromatic N) is 3. The van der Waals surface area contributed by atoms with Crippen LogP contribution in [0.2, 0.25) is 0 Å². The number of nitrogens with one attached hydrogen (secondary N) is 3. The van der Waals surface area contributed by atoms with E-state index in [1.165, 1.54) is 4.57 Å². The molecule has 0 unspecified atom stereocenters. The average Bonchev–Trinajstić information content (AvgIpc) is 3.09. The van der Waals surface area contributed by atoms with Crippen LogP contribution in [0.4, 0.5) is 5.69 Å². The van der Waals surface area contributed by atoms with Crippen LogP contribution in [0.3, 0.4) is 0 Å². The third-order valence-corrected chi connectivity index (χ3v) is 4.94. The van der Waals surface area contributed by atoms with E-state index in [2.05, 4.69) is 20.8 Å². The van der Waals surface area contributed by atoms with Crippen molar-refractivity contribution in [3.63, 3.8) is 0 Å². The standard InChI is InChI=1S/C22H30N6O3/c1-4-5-13-27-20-19(21(30)24-22(27)31)28(14-15(2)3)17(23-20)11-12-18(29)26-25-16-9-7-6-8-10-16/h6-10,15,25H,4-5,11-14H2,1-3H3,(H,26,29)(H,24,30,31). The number of para-hydroxylation sites is 1. The predicted molar refractivity (Wildman–Crippen MR) is 121 cm³/mol. The number of hydrogen-bond donors (Lipinski definition) is 3. The summed E-state index contributed by atoms with van der Waals surface area (Å²) in [5.41, 5.74) is 6.23. The van der Waals surface area contributed by atoms with E-state index < -0.39 is 11.2 Å². The summed E-state index contributed by atoms with van der Waals surface area (Å²) in [6, 6.07) is 9.35. The summed E-state index contributed by atoms with van der Waals surface area (Å²) in [6.45, 7) is 7.20. The lowest BCUT2D eigenvalue weighted by Crippen LogP contribution is -2.31. The summed E-state index contributed by atoms with van der Waals surface area (Å²) in [6.07, 6.45) is 2.27. The number of hydrogen-bond acceptors (Lipinski definition) is 5. The van der Waals surface area contributed by atoms with Crippen molar-refractivity contribution in [3.05, 3.63) is 57.0 Å². The van der Waals surface area contributed by atoms with Gasteiger partial charge in [0.15, 0.2) is 11.2 Å². The Balaban J connectivity index is 1.86. The molecule has 0 atom stereocenters. The molecule has 9 heteroatoms. The molecule has 9 nitrogen and oxygen atoms in total. The van der Waals surface area contributed by atoms with E-state index in [0.717, 1.165) is 18.5 Å². The summed E-state index contributed by atoms with van der Waals surface area (Å²) in [4.78, 5) is 44.4. The first-order chi connectivity index (χ1) is 14.9. The number of unbranched alkanes of at least 4 members (excludes halogenated alkanes) is 1. The Morgan fingerprint density at radius 1 is 1.16 bits per heavy atom. The molecule has 31 heavy (non-hydrogen) atoms. The number of aromatic nitrogens is 4. The third kappa shape index (κ3) is 5.42. The highest BCUT2D eigenvalue weighted by molar-refractivity contribution is 5.78. The third-order valence-electron chi connectivity index (χ3n) is 4.94. The average molecular weight is 427 g/mol. The zero-order valence-corrected chi connectivity index (χ0v) is 18.3.